The molecule has 5 heteroatoms. The molecule has 2 aromatic rings. The summed E-state index contributed by atoms with van der Waals surface area (Å²) < 4.78 is 0. The van der Waals surface area contributed by atoms with Gasteiger partial charge in [-0.3, -0.25) is 9.59 Å². The third-order valence-electron chi connectivity index (χ3n) is 3.73. The molecule has 0 aliphatic heterocycles. The average Bonchev–Trinajstić information content (AvgIpc) is 2.63. The average molecular weight is 321 g/mol. The summed E-state index contributed by atoms with van der Waals surface area (Å²) in [5.41, 5.74) is 1.86. The van der Waals surface area contributed by atoms with Crippen molar-refractivity contribution >= 4 is 17.5 Å². The zero-order valence-electron chi connectivity index (χ0n) is 13.7. The van der Waals surface area contributed by atoms with Crippen molar-refractivity contribution in [2.75, 3.05) is 18.4 Å². The molecule has 24 heavy (non-hydrogen) atoms. The van der Waals surface area contributed by atoms with Crippen LogP contribution in [0, 0.1) is 11.3 Å². The summed E-state index contributed by atoms with van der Waals surface area (Å²) >= 11 is 0. The van der Waals surface area contributed by atoms with E-state index < -0.39 is 0 Å². The van der Waals surface area contributed by atoms with Gasteiger partial charge in [0.15, 0.2) is 0 Å². The van der Waals surface area contributed by atoms with Crippen molar-refractivity contribution < 1.29 is 9.59 Å². The molecule has 5 nitrogen and oxygen atoms in total. The van der Waals surface area contributed by atoms with Gasteiger partial charge in [-0.05, 0) is 50.2 Å². The summed E-state index contributed by atoms with van der Waals surface area (Å²) in [7, 11) is 0. The van der Waals surface area contributed by atoms with E-state index in [1.54, 1.807) is 53.4 Å². The molecule has 0 aliphatic rings. The van der Waals surface area contributed by atoms with E-state index in [9.17, 15) is 9.59 Å². The Morgan fingerprint density at radius 1 is 1.04 bits per heavy atom. The molecular weight excluding hydrogens is 302 g/mol. The number of hydrogen-bond donors (Lipinski definition) is 1. The number of rotatable bonds is 5. The Morgan fingerprint density at radius 3 is 2.25 bits per heavy atom. The summed E-state index contributed by atoms with van der Waals surface area (Å²) in [6.07, 6.45) is 0. The van der Waals surface area contributed by atoms with Crippen LogP contribution in [0.4, 0.5) is 5.69 Å². The molecule has 0 saturated heterocycles. The van der Waals surface area contributed by atoms with Gasteiger partial charge in [0.25, 0.3) is 11.8 Å². The number of nitrogens with zero attached hydrogens (tertiary/aromatic N) is 2. The number of hydrogen-bond acceptors (Lipinski definition) is 3. The molecule has 0 unspecified atom stereocenters. The first-order chi connectivity index (χ1) is 11.6. The van der Waals surface area contributed by atoms with E-state index in [0.29, 0.717) is 35.5 Å². The molecule has 122 valence electrons. The molecule has 0 radical (unpaired) electrons. The number of nitriles is 1. The lowest BCUT2D eigenvalue weighted by Crippen LogP contribution is -2.31. The summed E-state index contributed by atoms with van der Waals surface area (Å²) in [5.74, 6) is -0.435. The second-order valence-electron chi connectivity index (χ2n) is 5.17. The maximum absolute atomic E-state index is 12.6. The molecule has 0 spiro atoms. The molecule has 2 aromatic carbocycles. The highest BCUT2D eigenvalue weighted by Crippen LogP contribution is 2.18. The van der Waals surface area contributed by atoms with E-state index in [2.05, 4.69) is 5.32 Å². The van der Waals surface area contributed by atoms with Gasteiger partial charge in [-0.25, -0.2) is 0 Å². The van der Waals surface area contributed by atoms with E-state index in [1.807, 2.05) is 19.9 Å². The molecule has 0 aliphatic carbocycles. The first-order valence-electron chi connectivity index (χ1n) is 7.80. The Morgan fingerprint density at radius 2 is 1.67 bits per heavy atom. The lowest BCUT2D eigenvalue weighted by Gasteiger charge is -2.20. The lowest BCUT2D eigenvalue weighted by atomic mass is 10.1. The highest BCUT2D eigenvalue weighted by atomic mass is 16.2. The van der Waals surface area contributed by atoms with Gasteiger partial charge in [-0.15, -0.1) is 0 Å². The lowest BCUT2D eigenvalue weighted by molar-refractivity contribution is 0.0774. The molecule has 1 N–H and O–H groups in total. The summed E-state index contributed by atoms with van der Waals surface area (Å²) in [4.78, 5) is 26.6. The summed E-state index contributed by atoms with van der Waals surface area (Å²) in [5, 5.41) is 11.6. The Bertz CT molecular complexity index is 772. The SMILES string of the molecule is CCN(CC)C(=O)c1ccccc1NC(=O)c1ccc(C#N)cc1. The van der Waals surface area contributed by atoms with Crippen molar-refractivity contribution in [3.63, 3.8) is 0 Å². The van der Waals surface area contributed by atoms with Crippen LogP contribution in [0.1, 0.15) is 40.1 Å². The monoisotopic (exact) mass is 321 g/mol. The van der Waals surface area contributed by atoms with Crippen molar-refractivity contribution in [1.82, 2.24) is 4.90 Å². The summed E-state index contributed by atoms with van der Waals surface area (Å²) in [6, 6.07) is 15.3. The molecule has 0 aromatic heterocycles. The predicted octanol–water partition coefficient (Wildman–Crippen LogP) is 3.29. The standard InChI is InChI=1S/C19H19N3O2/c1-3-22(4-2)19(24)16-7-5-6-8-17(16)21-18(23)15-11-9-14(13-20)10-12-15/h5-12H,3-4H2,1-2H3,(H,21,23). The van der Waals surface area contributed by atoms with E-state index in [0.717, 1.165) is 0 Å². The van der Waals surface area contributed by atoms with Crippen molar-refractivity contribution in [3.05, 3.63) is 65.2 Å². The predicted molar refractivity (Wildman–Crippen MR) is 92.8 cm³/mol. The van der Waals surface area contributed by atoms with Crippen molar-refractivity contribution in [1.29, 1.82) is 5.26 Å². The fraction of sp³-hybridized carbons (Fsp3) is 0.211. The van der Waals surface area contributed by atoms with Crippen LogP contribution in [0.25, 0.3) is 0 Å². The maximum atomic E-state index is 12.6. The number of anilines is 1. The Balaban J connectivity index is 2.25. The first-order valence-corrected chi connectivity index (χ1v) is 7.80. The molecule has 0 saturated carbocycles. The minimum Gasteiger partial charge on any atom is -0.339 e. The molecule has 2 amide bonds. The highest BCUT2D eigenvalue weighted by Gasteiger charge is 2.17. The normalized spacial score (nSPS) is 9.88. The maximum Gasteiger partial charge on any atom is 0.255 e. The number of carbonyl (C=O) groups is 2. The van der Waals surface area contributed by atoms with E-state index in [1.165, 1.54) is 0 Å². The van der Waals surface area contributed by atoms with Crippen molar-refractivity contribution in [3.8, 4) is 6.07 Å². The van der Waals surface area contributed by atoms with Crippen molar-refractivity contribution in [2.45, 2.75) is 13.8 Å². The fourth-order valence-electron chi connectivity index (χ4n) is 2.35. The van der Waals surface area contributed by atoms with Crippen molar-refractivity contribution in [2.24, 2.45) is 0 Å². The zero-order valence-corrected chi connectivity index (χ0v) is 13.7. The fourth-order valence-corrected chi connectivity index (χ4v) is 2.35. The quantitative estimate of drug-likeness (QED) is 0.918. The van der Waals surface area contributed by atoms with Crippen LogP contribution >= 0.6 is 0 Å². The largest absolute Gasteiger partial charge is 0.339 e. The van der Waals surface area contributed by atoms with Crippen LogP contribution in [0.5, 0.6) is 0 Å². The molecule has 0 fully saturated rings. The van der Waals surface area contributed by atoms with Crippen LogP contribution < -0.4 is 5.32 Å². The minimum atomic E-state index is -0.320. The number of benzene rings is 2. The number of carbonyl (C=O) groups excluding carboxylic acids is 2. The van der Waals surface area contributed by atoms with Gasteiger partial charge in [0.1, 0.15) is 0 Å². The van der Waals surface area contributed by atoms with Gasteiger partial charge in [0.05, 0.1) is 22.9 Å². The molecule has 0 atom stereocenters. The van der Waals surface area contributed by atoms with Crippen LogP contribution in [-0.2, 0) is 0 Å². The number of amides is 2. The van der Waals surface area contributed by atoms with Gasteiger partial charge in [0, 0.05) is 18.7 Å². The van der Waals surface area contributed by atoms with Crippen LogP contribution in [-0.4, -0.2) is 29.8 Å². The van der Waals surface area contributed by atoms with Gasteiger partial charge >= 0.3 is 0 Å². The smallest absolute Gasteiger partial charge is 0.255 e. The summed E-state index contributed by atoms with van der Waals surface area (Å²) in [6.45, 7) is 5.04. The minimum absolute atomic E-state index is 0.115. The zero-order chi connectivity index (χ0) is 17.5. The second kappa shape index (κ2) is 7.93. The Hall–Kier alpha value is -3.13. The number of nitrogens with one attached hydrogen (secondary N) is 1. The van der Waals surface area contributed by atoms with Crippen LogP contribution in [0.2, 0.25) is 0 Å². The highest BCUT2D eigenvalue weighted by molar-refractivity contribution is 6.09. The molecular formula is C19H19N3O2. The second-order valence-corrected chi connectivity index (χ2v) is 5.17. The Labute approximate surface area is 141 Å². The van der Waals surface area contributed by atoms with E-state index in [4.69, 9.17) is 5.26 Å². The third kappa shape index (κ3) is 3.79. The third-order valence-corrected chi connectivity index (χ3v) is 3.73. The molecule has 0 bridgehead atoms. The van der Waals surface area contributed by atoms with Gasteiger partial charge < -0.3 is 10.2 Å². The van der Waals surface area contributed by atoms with E-state index in [-0.39, 0.29) is 11.8 Å². The first kappa shape index (κ1) is 17.2. The van der Waals surface area contributed by atoms with Gasteiger partial charge in [0.2, 0.25) is 0 Å². The van der Waals surface area contributed by atoms with Crippen LogP contribution in [0.15, 0.2) is 48.5 Å². The number of para-hydroxylation sites is 1. The Kier molecular flexibility index (Phi) is 5.69. The van der Waals surface area contributed by atoms with Gasteiger partial charge in [-0.2, -0.15) is 5.26 Å². The van der Waals surface area contributed by atoms with E-state index >= 15 is 0 Å². The molecule has 0 heterocycles. The molecule has 2 rings (SSSR count). The topological polar surface area (TPSA) is 73.2 Å². The van der Waals surface area contributed by atoms with Gasteiger partial charge in [-0.1, -0.05) is 12.1 Å². The van der Waals surface area contributed by atoms with Crippen LogP contribution in [0.3, 0.4) is 0 Å².